The molecule has 0 bridgehead atoms. The van der Waals surface area contributed by atoms with Gasteiger partial charge < -0.3 is 4.74 Å². The van der Waals surface area contributed by atoms with Crippen LogP contribution in [0.2, 0.25) is 0 Å². The van der Waals surface area contributed by atoms with Gasteiger partial charge in [-0.3, -0.25) is 14.6 Å². The van der Waals surface area contributed by atoms with Gasteiger partial charge in [0, 0.05) is 23.7 Å². The molecule has 2 saturated heterocycles. The molecule has 4 rings (SSSR count). The van der Waals surface area contributed by atoms with E-state index in [-0.39, 0.29) is 18.1 Å². The summed E-state index contributed by atoms with van der Waals surface area (Å²) in [6.07, 6.45) is 3.61. The van der Waals surface area contributed by atoms with Gasteiger partial charge in [0.05, 0.1) is 13.2 Å². The molecule has 0 saturated carbocycles. The summed E-state index contributed by atoms with van der Waals surface area (Å²) < 4.78 is 5.53. The van der Waals surface area contributed by atoms with Gasteiger partial charge in [0.1, 0.15) is 11.9 Å². The van der Waals surface area contributed by atoms with Gasteiger partial charge in [-0.05, 0) is 18.9 Å². The van der Waals surface area contributed by atoms with E-state index in [9.17, 15) is 4.79 Å². The summed E-state index contributed by atoms with van der Waals surface area (Å²) in [6, 6.07) is 7.90. The van der Waals surface area contributed by atoms with E-state index in [1.165, 1.54) is 11.3 Å². The molecule has 2 atom stereocenters. The molecule has 5 nitrogen and oxygen atoms in total. The van der Waals surface area contributed by atoms with Crippen molar-refractivity contribution >= 4 is 22.4 Å². The van der Waals surface area contributed by atoms with Gasteiger partial charge in [0.15, 0.2) is 5.13 Å². The van der Waals surface area contributed by atoms with Crippen molar-refractivity contribution in [2.45, 2.75) is 25.0 Å². The lowest BCUT2D eigenvalue weighted by molar-refractivity contribution is -0.119. The van der Waals surface area contributed by atoms with E-state index < -0.39 is 0 Å². The van der Waals surface area contributed by atoms with Crippen LogP contribution in [0.3, 0.4) is 0 Å². The summed E-state index contributed by atoms with van der Waals surface area (Å²) in [7, 11) is 1.67. The Balaban J connectivity index is 1.84. The van der Waals surface area contributed by atoms with Gasteiger partial charge in [-0.2, -0.15) is 0 Å². The third-order valence-corrected chi connectivity index (χ3v) is 5.19. The highest BCUT2D eigenvalue weighted by Gasteiger charge is 2.50. The number of methoxy groups -OCH3 is 1. The Morgan fingerprint density at radius 1 is 1.36 bits per heavy atom. The van der Waals surface area contributed by atoms with Gasteiger partial charge in [0.2, 0.25) is 5.91 Å². The fourth-order valence-electron chi connectivity index (χ4n) is 3.51. The van der Waals surface area contributed by atoms with Crippen molar-refractivity contribution in [3.8, 4) is 5.75 Å². The van der Waals surface area contributed by atoms with E-state index in [0.29, 0.717) is 0 Å². The van der Waals surface area contributed by atoms with Crippen LogP contribution in [0.5, 0.6) is 5.75 Å². The molecule has 2 aromatic rings. The van der Waals surface area contributed by atoms with Crippen LogP contribution < -0.4 is 9.64 Å². The highest BCUT2D eigenvalue weighted by molar-refractivity contribution is 7.13. The van der Waals surface area contributed by atoms with Crippen LogP contribution >= 0.6 is 11.3 Å². The van der Waals surface area contributed by atoms with Gasteiger partial charge in [-0.15, -0.1) is 11.3 Å². The Hall–Kier alpha value is -1.92. The Morgan fingerprint density at radius 3 is 3.00 bits per heavy atom. The van der Waals surface area contributed by atoms with Crippen molar-refractivity contribution in [2.24, 2.45) is 0 Å². The molecule has 2 aliphatic rings. The first kappa shape index (κ1) is 13.7. The maximum atomic E-state index is 12.9. The van der Waals surface area contributed by atoms with Gasteiger partial charge in [-0.25, -0.2) is 4.98 Å². The van der Waals surface area contributed by atoms with Gasteiger partial charge in [-0.1, -0.05) is 18.2 Å². The number of ether oxygens (including phenoxy) is 1. The smallest absolute Gasteiger partial charge is 0.247 e. The molecule has 22 heavy (non-hydrogen) atoms. The standard InChI is InChI=1S/C16H17N3O2S/c1-21-13-7-3-2-5-11(13)14-18-9-4-6-12(18)15(20)19(14)16-17-8-10-22-16/h2-3,5,7-8,10,12,14H,4,6,9H2,1H3/t12-,14+/m0/s1. The second-order valence-electron chi connectivity index (χ2n) is 5.53. The topological polar surface area (TPSA) is 45.7 Å². The Bertz CT molecular complexity index is 688. The quantitative estimate of drug-likeness (QED) is 0.873. The van der Waals surface area contributed by atoms with Crippen molar-refractivity contribution in [3.05, 3.63) is 41.4 Å². The van der Waals surface area contributed by atoms with E-state index in [1.807, 2.05) is 34.5 Å². The minimum absolute atomic E-state index is 0.0289. The van der Waals surface area contributed by atoms with Crippen molar-refractivity contribution in [2.75, 3.05) is 18.6 Å². The van der Waals surface area contributed by atoms with E-state index in [4.69, 9.17) is 4.74 Å². The zero-order valence-corrected chi connectivity index (χ0v) is 13.1. The van der Waals surface area contributed by atoms with Crippen molar-refractivity contribution in [3.63, 3.8) is 0 Å². The zero-order chi connectivity index (χ0) is 15.1. The zero-order valence-electron chi connectivity index (χ0n) is 12.3. The molecule has 2 aliphatic heterocycles. The highest BCUT2D eigenvalue weighted by Crippen LogP contribution is 2.45. The number of rotatable bonds is 3. The van der Waals surface area contributed by atoms with Crippen LogP contribution in [0.15, 0.2) is 35.8 Å². The third-order valence-electron chi connectivity index (χ3n) is 4.42. The Morgan fingerprint density at radius 2 is 2.23 bits per heavy atom. The first-order valence-electron chi connectivity index (χ1n) is 7.42. The van der Waals surface area contributed by atoms with Crippen molar-refractivity contribution < 1.29 is 9.53 Å². The maximum absolute atomic E-state index is 12.9. The summed E-state index contributed by atoms with van der Waals surface area (Å²) in [6.45, 7) is 0.932. The maximum Gasteiger partial charge on any atom is 0.247 e. The minimum Gasteiger partial charge on any atom is -0.496 e. The number of nitrogens with zero attached hydrogens (tertiary/aromatic N) is 3. The molecule has 114 valence electrons. The largest absolute Gasteiger partial charge is 0.496 e. The van der Waals surface area contributed by atoms with Crippen molar-refractivity contribution in [1.29, 1.82) is 0 Å². The molecule has 0 spiro atoms. The number of hydrogen-bond donors (Lipinski definition) is 0. The fourth-order valence-corrected chi connectivity index (χ4v) is 4.18. The van der Waals surface area contributed by atoms with Gasteiger partial charge in [0.25, 0.3) is 0 Å². The Labute approximate surface area is 133 Å². The summed E-state index contributed by atoms with van der Waals surface area (Å²) in [4.78, 5) is 21.4. The van der Waals surface area contributed by atoms with Crippen LogP contribution in [0.25, 0.3) is 0 Å². The molecule has 1 aromatic carbocycles. The average Bonchev–Trinajstić information content (AvgIpc) is 3.25. The number of para-hydroxylation sites is 1. The molecular formula is C16H17N3O2S. The van der Waals surface area contributed by atoms with E-state index in [2.05, 4.69) is 9.88 Å². The second kappa shape index (κ2) is 5.37. The molecule has 6 heteroatoms. The summed E-state index contributed by atoms with van der Waals surface area (Å²) in [5, 5.41) is 2.67. The number of benzene rings is 1. The number of fused-ring (bicyclic) bond motifs is 1. The third kappa shape index (κ3) is 1.94. The average molecular weight is 315 g/mol. The summed E-state index contributed by atoms with van der Waals surface area (Å²) >= 11 is 1.50. The van der Waals surface area contributed by atoms with Crippen LogP contribution in [0, 0.1) is 0 Å². The summed E-state index contributed by atoms with van der Waals surface area (Å²) in [5.74, 6) is 0.970. The molecule has 3 heterocycles. The molecular weight excluding hydrogens is 298 g/mol. The van der Waals surface area contributed by atoms with Crippen LogP contribution in [-0.2, 0) is 4.79 Å². The normalized spacial score (nSPS) is 24.8. The molecule has 0 radical (unpaired) electrons. The molecule has 0 N–H and O–H groups in total. The molecule has 1 aromatic heterocycles. The number of carbonyl (C=O) groups excluding carboxylic acids is 1. The Kier molecular flexibility index (Phi) is 3.35. The lowest BCUT2D eigenvalue weighted by Gasteiger charge is -2.29. The number of amides is 1. The van der Waals surface area contributed by atoms with Gasteiger partial charge >= 0.3 is 0 Å². The molecule has 0 aliphatic carbocycles. The van der Waals surface area contributed by atoms with E-state index >= 15 is 0 Å². The first-order valence-corrected chi connectivity index (χ1v) is 8.30. The van der Waals surface area contributed by atoms with E-state index in [1.54, 1.807) is 13.3 Å². The van der Waals surface area contributed by atoms with Crippen LogP contribution in [0.4, 0.5) is 5.13 Å². The monoisotopic (exact) mass is 315 g/mol. The highest BCUT2D eigenvalue weighted by atomic mass is 32.1. The number of anilines is 1. The first-order chi connectivity index (χ1) is 10.8. The predicted molar refractivity (Wildman–Crippen MR) is 85.1 cm³/mol. The second-order valence-corrected chi connectivity index (χ2v) is 6.41. The number of thiazole rings is 1. The molecule has 1 amide bonds. The predicted octanol–water partition coefficient (Wildman–Crippen LogP) is 2.66. The number of hydrogen-bond acceptors (Lipinski definition) is 5. The number of aromatic nitrogens is 1. The van der Waals surface area contributed by atoms with Crippen molar-refractivity contribution in [1.82, 2.24) is 9.88 Å². The molecule has 2 fully saturated rings. The van der Waals surface area contributed by atoms with Crippen LogP contribution in [-0.4, -0.2) is 35.5 Å². The van der Waals surface area contributed by atoms with E-state index in [0.717, 1.165) is 35.8 Å². The fraction of sp³-hybridized carbons (Fsp3) is 0.375. The molecule has 0 unspecified atom stereocenters. The lowest BCUT2D eigenvalue weighted by Crippen LogP contribution is -2.32. The van der Waals surface area contributed by atoms with Crippen LogP contribution in [0.1, 0.15) is 24.6 Å². The minimum atomic E-state index is -0.123. The summed E-state index contributed by atoms with van der Waals surface area (Å²) in [5.41, 5.74) is 1.03. The number of carbonyl (C=O) groups is 1. The lowest BCUT2D eigenvalue weighted by atomic mass is 10.1. The SMILES string of the molecule is COc1ccccc1[C@H]1N(c2nccs2)C(=O)[C@@H]2CCCN21.